The molecule has 1 aliphatic carbocycles. The molecule has 1 aromatic rings. The maximum absolute atomic E-state index is 12.9. The second kappa shape index (κ2) is 6.55. The number of aryl methyl sites for hydroxylation is 2. The Morgan fingerprint density at radius 3 is 2.54 bits per heavy atom. The van der Waals surface area contributed by atoms with Gasteiger partial charge >= 0.3 is 0 Å². The summed E-state index contributed by atoms with van der Waals surface area (Å²) in [5.41, 5.74) is 3.66. The van der Waals surface area contributed by atoms with Gasteiger partial charge in [0.1, 0.15) is 5.76 Å². The minimum absolute atomic E-state index is 0.000608. The van der Waals surface area contributed by atoms with Crippen LogP contribution < -0.4 is 5.32 Å². The van der Waals surface area contributed by atoms with E-state index < -0.39 is 0 Å². The summed E-state index contributed by atoms with van der Waals surface area (Å²) in [5, 5.41) is 3.28. The van der Waals surface area contributed by atoms with Crippen LogP contribution >= 0.6 is 15.9 Å². The molecule has 2 aliphatic rings. The fraction of sp³-hybridized carbons (Fsp3) is 0.550. The van der Waals surface area contributed by atoms with Crippen molar-refractivity contribution >= 4 is 27.4 Å². The Labute approximate surface area is 153 Å². The van der Waals surface area contributed by atoms with Gasteiger partial charge < -0.3 is 10.1 Å². The Hall–Kier alpha value is -1.29. The summed E-state index contributed by atoms with van der Waals surface area (Å²) in [4.78, 5) is 12.9. The summed E-state index contributed by atoms with van der Waals surface area (Å²) >= 11 is 3.67. The lowest BCUT2D eigenvalue weighted by Gasteiger charge is -2.37. The van der Waals surface area contributed by atoms with Crippen molar-refractivity contribution in [3.05, 3.63) is 39.1 Å². The third-order valence-corrected chi connectivity index (χ3v) is 5.97. The molecule has 0 radical (unpaired) electrons. The number of halogens is 1. The molecule has 3 rings (SSSR count). The molecular weight excluding hydrogens is 366 g/mol. The van der Waals surface area contributed by atoms with Gasteiger partial charge in [0.15, 0.2) is 0 Å². The van der Waals surface area contributed by atoms with Gasteiger partial charge in [-0.3, -0.25) is 4.79 Å². The zero-order valence-electron chi connectivity index (χ0n) is 15.0. The highest BCUT2D eigenvalue weighted by molar-refractivity contribution is 9.10. The number of rotatable bonds is 3. The summed E-state index contributed by atoms with van der Waals surface area (Å²) in [7, 11) is 0. The van der Waals surface area contributed by atoms with Crippen molar-refractivity contribution < 1.29 is 9.53 Å². The van der Waals surface area contributed by atoms with Crippen molar-refractivity contribution in [2.24, 2.45) is 5.92 Å². The zero-order chi connectivity index (χ0) is 17.5. The van der Waals surface area contributed by atoms with Crippen LogP contribution in [-0.4, -0.2) is 18.1 Å². The molecule has 4 heteroatoms. The quantitative estimate of drug-likeness (QED) is 0.795. The van der Waals surface area contributed by atoms with Gasteiger partial charge in [-0.05, 0) is 69.6 Å². The molecule has 24 heavy (non-hydrogen) atoms. The van der Waals surface area contributed by atoms with E-state index in [9.17, 15) is 4.79 Å². The third kappa shape index (κ3) is 2.90. The van der Waals surface area contributed by atoms with Crippen LogP contribution in [-0.2, 0) is 9.53 Å². The van der Waals surface area contributed by atoms with E-state index in [1.165, 1.54) is 5.56 Å². The molecule has 130 valence electrons. The molecule has 0 atom stereocenters. The third-order valence-electron chi connectivity index (χ3n) is 5.34. The number of amides is 1. The summed E-state index contributed by atoms with van der Waals surface area (Å²) in [6, 6.07) is 4.19. The number of carbonyl (C=O) groups is 1. The average Bonchev–Trinajstić information content (AvgIpc) is 2.75. The molecule has 1 aliphatic heterocycles. The Bertz CT molecular complexity index is 677. The Kier molecular flexibility index (Phi) is 4.78. The maximum Gasteiger partial charge on any atom is 0.256 e. The van der Waals surface area contributed by atoms with Crippen molar-refractivity contribution in [1.82, 2.24) is 5.32 Å². The molecule has 0 aromatic heterocycles. The average molecular weight is 392 g/mol. The summed E-state index contributed by atoms with van der Waals surface area (Å²) in [5.74, 6) is 1.57. The first kappa shape index (κ1) is 17.5. The van der Waals surface area contributed by atoms with E-state index in [-0.39, 0.29) is 11.4 Å². The highest BCUT2D eigenvalue weighted by atomic mass is 79.9. The van der Waals surface area contributed by atoms with Crippen molar-refractivity contribution in [2.45, 2.75) is 58.9 Å². The number of benzene rings is 1. The molecule has 0 unspecified atom stereocenters. The first-order valence-corrected chi connectivity index (χ1v) is 9.64. The Morgan fingerprint density at radius 2 is 1.96 bits per heavy atom. The topological polar surface area (TPSA) is 38.3 Å². The van der Waals surface area contributed by atoms with Crippen LogP contribution in [0.15, 0.2) is 22.4 Å². The van der Waals surface area contributed by atoms with Gasteiger partial charge in [0.2, 0.25) is 0 Å². The van der Waals surface area contributed by atoms with Crippen LogP contribution in [0, 0.1) is 19.8 Å². The van der Waals surface area contributed by atoms with Crippen LogP contribution in [0.1, 0.15) is 56.2 Å². The predicted molar refractivity (Wildman–Crippen MR) is 101 cm³/mol. The SMILES string of the molecule is CCOC1=C(c2c(C)cc(C)cc2Br)C(=O)NC12CCC(C)CC2. The summed E-state index contributed by atoms with van der Waals surface area (Å²) in [6.07, 6.45) is 4.17. The van der Waals surface area contributed by atoms with E-state index in [1.54, 1.807) is 0 Å². The fourth-order valence-corrected chi connectivity index (χ4v) is 4.97. The number of hydrogen-bond donors (Lipinski definition) is 1. The smallest absolute Gasteiger partial charge is 0.256 e. The largest absolute Gasteiger partial charge is 0.495 e. The Morgan fingerprint density at radius 1 is 1.29 bits per heavy atom. The van der Waals surface area contributed by atoms with Crippen molar-refractivity contribution in [1.29, 1.82) is 0 Å². The van der Waals surface area contributed by atoms with E-state index in [0.29, 0.717) is 12.5 Å². The zero-order valence-corrected chi connectivity index (χ0v) is 16.5. The predicted octanol–water partition coefficient (Wildman–Crippen LogP) is 4.89. The molecule has 3 nitrogen and oxygen atoms in total. The van der Waals surface area contributed by atoms with Gasteiger partial charge in [0.05, 0.1) is 17.7 Å². The van der Waals surface area contributed by atoms with Crippen LogP contribution in [0.3, 0.4) is 0 Å². The van der Waals surface area contributed by atoms with E-state index in [2.05, 4.69) is 54.2 Å². The molecule has 1 aromatic carbocycles. The molecule has 1 heterocycles. The number of nitrogens with one attached hydrogen (secondary N) is 1. The van der Waals surface area contributed by atoms with Crippen LogP contribution in [0.5, 0.6) is 0 Å². The summed E-state index contributed by atoms with van der Waals surface area (Å²) < 4.78 is 7.05. The van der Waals surface area contributed by atoms with E-state index in [1.807, 2.05) is 6.92 Å². The van der Waals surface area contributed by atoms with Gasteiger partial charge in [-0.2, -0.15) is 0 Å². The molecule has 1 N–H and O–H groups in total. The minimum atomic E-state index is -0.314. The Balaban J connectivity index is 2.16. The van der Waals surface area contributed by atoms with E-state index >= 15 is 0 Å². The lowest BCUT2D eigenvalue weighted by molar-refractivity contribution is -0.116. The fourth-order valence-electron chi connectivity index (χ4n) is 4.10. The molecule has 1 amide bonds. The van der Waals surface area contributed by atoms with E-state index in [4.69, 9.17) is 4.74 Å². The van der Waals surface area contributed by atoms with Gasteiger partial charge in [-0.25, -0.2) is 0 Å². The molecule has 1 spiro atoms. The lowest BCUT2D eigenvalue weighted by atomic mass is 9.76. The first-order chi connectivity index (χ1) is 11.4. The second-order valence-corrected chi connectivity index (χ2v) is 8.15. The molecule has 0 saturated heterocycles. The molecular formula is C20H26BrNO2. The van der Waals surface area contributed by atoms with Gasteiger partial charge in [0.25, 0.3) is 5.91 Å². The van der Waals surface area contributed by atoms with Crippen LogP contribution in [0.25, 0.3) is 5.57 Å². The summed E-state index contributed by atoms with van der Waals surface area (Å²) in [6.45, 7) is 8.98. The lowest BCUT2D eigenvalue weighted by Crippen LogP contribution is -2.47. The van der Waals surface area contributed by atoms with Crippen LogP contribution in [0.4, 0.5) is 0 Å². The standard InChI is InChI=1S/C20H26BrNO2/c1-5-24-18-17(16-14(4)10-13(3)11-15(16)21)19(23)22-20(18)8-6-12(2)7-9-20/h10-12H,5-9H2,1-4H3,(H,22,23). The number of ether oxygens (including phenoxy) is 1. The van der Waals surface area contributed by atoms with Crippen LogP contribution in [0.2, 0.25) is 0 Å². The van der Waals surface area contributed by atoms with Crippen molar-refractivity contribution in [3.63, 3.8) is 0 Å². The highest BCUT2D eigenvalue weighted by Gasteiger charge is 2.48. The van der Waals surface area contributed by atoms with Crippen molar-refractivity contribution in [2.75, 3.05) is 6.61 Å². The normalized spacial score (nSPS) is 26.9. The van der Waals surface area contributed by atoms with Gasteiger partial charge in [-0.1, -0.05) is 28.9 Å². The van der Waals surface area contributed by atoms with Gasteiger partial charge in [0, 0.05) is 10.0 Å². The highest BCUT2D eigenvalue weighted by Crippen LogP contribution is 2.46. The van der Waals surface area contributed by atoms with Gasteiger partial charge in [-0.15, -0.1) is 0 Å². The minimum Gasteiger partial charge on any atom is -0.495 e. The number of hydrogen-bond acceptors (Lipinski definition) is 2. The van der Waals surface area contributed by atoms with Crippen molar-refractivity contribution in [3.8, 4) is 0 Å². The maximum atomic E-state index is 12.9. The second-order valence-electron chi connectivity index (χ2n) is 7.29. The first-order valence-electron chi connectivity index (χ1n) is 8.85. The molecule has 0 bridgehead atoms. The number of carbonyl (C=O) groups excluding carboxylic acids is 1. The molecule has 1 saturated carbocycles. The monoisotopic (exact) mass is 391 g/mol. The van der Waals surface area contributed by atoms with E-state index in [0.717, 1.165) is 52.6 Å². The molecule has 1 fully saturated rings.